The van der Waals surface area contributed by atoms with Gasteiger partial charge in [-0.25, -0.2) is 4.79 Å². The van der Waals surface area contributed by atoms with Crippen LogP contribution in [0.3, 0.4) is 0 Å². The fourth-order valence-corrected chi connectivity index (χ4v) is 6.91. The fourth-order valence-electron chi connectivity index (χ4n) is 6.91. The summed E-state index contributed by atoms with van der Waals surface area (Å²) in [5.74, 6) is 2.54. The molecule has 2 amide bonds. The minimum Gasteiger partial charge on any atom is -0.322 e. The van der Waals surface area contributed by atoms with E-state index in [4.69, 9.17) is 0 Å². The predicted molar refractivity (Wildman–Crippen MR) is 157 cm³/mol. The average Bonchev–Trinajstić information content (AvgIpc) is 2.92. The molecule has 0 bridgehead atoms. The molecule has 2 aromatic carbocycles. The Balaban J connectivity index is 1.48. The lowest BCUT2D eigenvalue weighted by Gasteiger charge is -2.40. The molecule has 2 saturated carbocycles. The van der Waals surface area contributed by atoms with Crippen LogP contribution in [0.15, 0.2) is 48.5 Å². The van der Waals surface area contributed by atoms with Gasteiger partial charge in [-0.05, 0) is 78.9 Å². The van der Waals surface area contributed by atoms with Crippen molar-refractivity contribution in [3.63, 3.8) is 0 Å². The molecule has 0 unspecified atom stereocenters. The maximum Gasteiger partial charge on any atom is 0.322 e. The molecule has 1 N–H and O–H groups in total. The van der Waals surface area contributed by atoms with E-state index in [1.807, 2.05) is 0 Å². The van der Waals surface area contributed by atoms with Crippen molar-refractivity contribution in [3.8, 4) is 0 Å². The van der Waals surface area contributed by atoms with E-state index >= 15 is 0 Å². The molecular weight excluding hydrogens is 452 g/mol. The van der Waals surface area contributed by atoms with Gasteiger partial charge in [0.15, 0.2) is 0 Å². The summed E-state index contributed by atoms with van der Waals surface area (Å²) in [6.45, 7) is 9.71. The first kappa shape index (κ1) is 27.7. The van der Waals surface area contributed by atoms with Gasteiger partial charge in [0, 0.05) is 18.3 Å². The lowest BCUT2D eigenvalue weighted by molar-refractivity contribution is 0.123. The second-order valence-corrected chi connectivity index (χ2v) is 12.3. The number of anilines is 1. The molecule has 0 saturated heterocycles. The number of nitrogens with one attached hydrogen (secondary N) is 1. The summed E-state index contributed by atoms with van der Waals surface area (Å²) in [5.41, 5.74) is 4.88. The first-order valence-corrected chi connectivity index (χ1v) is 15.2. The van der Waals surface area contributed by atoms with Crippen LogP contribution in [0.2, 0.25) is 0 Å². The molecule has 3 heteroatoms. The largest absolute Gasteiger partial charge is 0.322 e. The van der Waals surface area contributed by atoms with Crippen molar-refractivity contribution in [1.82, 2.24) is 4.90 Å². The zero-order valence-corrected chi connectivity index (χ0v) is 23.8. The van der Waals surface area contributed by atoms with Crippen molar-refractivity contribution in [3.05, 3.63) is 65.2 Å². The number of carbonyl (C=O) groups is 1. The molecule has 2 aliphatic carbocycles. The summed E-state index contributed by atoms with van der Waals surface area (Å²) in [6.07, 6.45) is 14.0. The maximum absolute atomic E-state index is 14.0. The molecule has 3 nitrogen and oxygen atoms in total. The van der Waals surface area contributed by atoms with Crippen molar-refractivity contribution in [2.24, 2.45) is 11.8 Å². The highest BCUT2D eigenvalue weighted by atomic mass is 16.2. The first-order chi connectivity index (χ1) is 17.9. The van der Waals surface area contributed by atoms with E-state index in [0.29, 0.717) is 17.9 Å². The van der Waals surface area contributed by atoms with Gasteiger partial charge in [-0.15, -0.1) is 0 Å². The topological polar surface area (TPSA) is 32.3 Å². The second kappa shape index (κ2) is 13.5. The van der Waals surface area contributed by atoms with Crippen molar-refractivity contribution < 1.29 is 4.79 Å². The summed E-state index contributed by atoms with van der Waals surface area (Å²) in [5, 5.41) is 3.45. The average molecular weight is 503 g/mol. The summed E-state index contributed by atoms with van der Waals surface area (Å²) in [6, 6.07) is 17.7. The molecule has 0 heterocycles. The Morgan fingerprint density at radius 1 is 0.784 bits per heavy atom. The molecule has 0 spiro atoms. The lowest BCUT2D eigenvalue weighted by Crippen LogP contribution is -2.46. The van der Waals surface area contributed by atoms with Gasteiger partial charge in [0.25, 0.3) is 0 Å². The highest BCUT2D eigenvalue weighted by Gasteiger charge is 2.33. The van der Waals surface area contributed by atoms with Crippen LogP contribution in [0.4, 0.5) is 10.5 Å². The number of para-hydroxylation sites is 1. The minimum absolute atomic E-state index is 0.101. The lowest BCUT2D eigenvalue weighted by atomic mass is 9.72. The highest BCUT2D eigenvalue weighted by molar-refractivity contribution is 5.91. The third-order valence-corrected chi connectivity index (χ3v) is 9.07. The standard InChI is InChI=1S/C34H50N2O/c1-25(2)31-18-11-19-32(26(3)4)33(31)35-34(37)36(24-12-15-27-13-7-5-8-14-27)30-22-20-29(21-23-30)28-16-9-6-10-17-28/h5,7-8,11,13-14,18-19,25-26,28-30H,6,9-10,12,15-17,20-24H2,1-4H3,(H,35,37)/t29-,30+. The van der Waals surface area contributed by atoms with Gasteiger partial charge in [-0.1, -0.05) is 108 Å². The fraction of sp³-hybridized carbons (Fsp3) is 0.618. The number of rotatable bonds is 9. The minimum atomic E-state index is 0.101. The van der Waals surface area contributed by atoms with E-state index in [0.717, 1.165) is 49.8 Å². The molecule has 0 aliphatic heterocycles. The molecule has 202 valence electrons. The molecule has 2 aliphatic rings. The van der Waals surface area contributed by atoms with Crippen molar-refractivity contribution in [2.45, 2.75) is 116 Å². The quantitative estimate of drug-likeness (QED) is 0.364. The Bertz CT molecular complexity index is 942. The van der Waals surface area contributed by atoms with Crippen LogP contribution in [0, 0.1) is 11.8 Å². The molecule has 0 atom stereocenters. The smallest absolute Gasteiger partial charge is 0.322 e. The van der Waals surface area contributed by atoms with Crippen LogP contribution in [0.5, 0.6) is 0 Å². The third-order valence-electron chi connectivity index (χ3n) is 9.07. The van der Waals surface area contributed by atoms with Crippen molar-refractivity contribution in [2.75, 3.05) is 11.9 Å². The molecule has 2 fully saturated rings. The number of benzene rings is 2. The highest BCUT2D eigenvalue weighted by Crippen LogP contribution is 2.40. The van der Waals surface area contributed by atoms with Gasteiger partial charge in [-0.3, -0.25) is 0 Å². The van der Waals surface area contributed by atoms with Gasteiger partial charge >= 0.3 is 6.03 Å². The van der Waals surface area contributed by atoms with Crippen LogP contribution in [0.25, 0.3) is 0 Å². The predicted octanol–water partition coefficient (Wildman–Crippen LogP) is 9.54. The maximum atomic E-state index is 14.0. The Labute approximate surface area is 226 Å². The van der Waals surface area contributed by atoms with Crippen LogP contribution in [0.1, 0.15) is 120 Å². The van der Waals surface area contributed by atoms with Gasteiger partial charge in [0.1, 0.15) is 0 Å². The van der Waals surface area contributed by atoms with Crippen LogP contribution < -0.4 is 5.32 Å². The van der Waals surface area contributed by atoms with E-state index < -0.39 is 0 Å². The molecule has 4 rings (SSSR count). The second-order valence-electron chi connectivity index (χ2n) is 12.3. The Hall–Kier alpha value is -2.29. The Kier molecular flexibility index (Phi) is 10.1. The Morgan fingerprint density at radius 2 is 1.38 bits per heavy atom. The zero-order chi connectivity index (χ0) is 26.2. The van der Waals surface area contributed by atoms with Crippen molar-refractivity contribution in [1.29, 1.82) is 0 Å². The van der Waals surface area contributed by atoms with Gasteiger partial charge < -0.3 is 10.2 Å². The monoisotopic (exact) mass is 502 g/mol. The van der Waals surface area contributed by atoms with E-state index in [-0.39, 0.29) is 6.03 Å². The van der Waals surface area contributed by atoms with Gasteiger partial charge in [0.05, 0.1) is 0 Å². The van der Waals surface area contributed by atoms with Crippen LogP contribution in [-0.2, 0) is 6.42 Å². The third kappa shape index (κ3) is 7.39. The van der Waals surface area contributed by atoms with E-state index in [9.17, 15) is 4.79 Å². The summed E-state index contributed by atoms with van der Waals surface area (Å²) >= 11 is 0. The van der Waals surface area contributed by atoms with Crippen LogP contribution in [-0.4, -0.2) is 23.5 Å². The first-order valence-electron chi connectivity index (χ1n) is 15.2. The van der Waals surface area contributed by atoms with E-state index in [2.05, 4.69) is 86.4 Å². The number of aryl methyl sites for hydroxylation is 1. The Morgan fingerprint density at radius 3 is 1.97 bits per heavy atom. The normalized spacial score (nSPS) is 20.8. The molecule has 0 radical (unpaired) electrons. The molecule has 2 aromatic rings. The summed E-state index contributed by atoms with van der Waals surface area (Å²) < 4.78 is 0. The number of hydrogen-bond donors (Lipinski definition) is 1. The van der Waals surface area contributed by atoms with Gasteiger partial charge in [-0.2, -0.15) is 0 Å². The number of urea groups is 1. The molecule has 37 heavy (non-hydrogen) atoms. The number of hydrogen-bond acceptors (Lipinski definition) is 1. The number of amides is 2. The molecular formula is C34H50N2O. The number of carbonyl (C=O) groups excluding carboxylic acids is 1. The zero-order valence-electron chi connectivity index (χ0n) is 23.8. The van der Waals surface area contributed by atoms with Crippen LogP contribution >= 0.6 is 0 Å². The SMILES string of the molecule is CC(C)c1cccc(C(C)C)c1NC(=O)N(CCCc1ccccc1)[C@H]1CC[C@@H](C2CCCCC2)CC1. The summed E-state index contributed by atoms with van der Waals surface area (Å²) in [4.78, 5) is 16.2. The number of nitrogens with zero attached hydrogens (tertiary/aromatic N) is 1. The summed E-state index contributed by atoms with van der Waals surface area (Å²) in [7, 11) is 0. The van der Waals surface area contributed by atoms with Crippen molar-refractivity contribution >= 4 is 11.7 Å². The van der Waals surface area contributed by atoms with Gasteiger partial charge in [0.2, 0.25) is 0 Å². The van der Waals surface area contributed by atoms with E-state index in [1.165, 1.54) is 61.6 Å². The molecule has 0 aromatic heterocycles. The van der Waals surface area contributed by atoms with E-state index in [1.54, 1.807) is 0 Å².